The lowest BCUT2D eigenvalue weighted by Crippen LogP contribution is -2.16. The van der Waals surface area contributed by atoms with Gasteiger partial charge < -0.3 is 0 Å². The molecule has 0 heterocycles. The van der Waals surface area contributed by atoms with Gasteiger partial charge in [0.1, 0.15) is 0 Å². The summed E-state index contributed by atoms with van der Waals surface area (Å²) < 4.78 is 0. The predicted octanol–water partition coefficient (Wildman–Crippen LogP) is 4.14. The first-order valence-electron chi connectivity index (χ1n) is 5.42. The van der Waals surface area contributed by atoms with Gasteiger partial charge in [0.15, 0.2) is 0 Å². The molecule has 1 heteroatoms. The molecule has 0 radical (unpaired) electrons. The molecule has 1 aliphatic carbocycles. The maximum Gasteiger partial charge on any atom is 0.0237 e. The van der Waals surface area contributed by atoms with Crippen LogP contribution in [0.4, 0.5) is 0 Å². The van der Waals surface area contributed by atoms with Crippen molar-refractivity contribution in [1.82, 2.24) is 0 Å². The summed E-state index contributed by atoms with van der Waals surface area (Å²) in [5.74, 6) is 1.44. The van der Waals surface area contributed by atoms with Gasteiger partial charge in [0.05, 0.1) is 0 Å². The van der Waals surface area contributed by atoms with Gasteiger partial charge in [-0.05, 0) is 35.8 Å². The second kappa shape index (κ2) is 4.06. The van der Waals surface area contributed by atoms with Crippen molar-refractivity contribution in [3.8, 4) is 0 Å². The molecule has 0 aromatic heterocycles. The van der Waals surface area contributed by atoms with Crippen LogP contribution in [0.2, 0.25) is 0 Å². The van der Waals surface area contributed by atoms with Crippen molar-refractivity contribution in [2.24, 2.45) is 5.92 Å². The van der Waals surface area contributed by atoms with Crippen molar-refractivity contribution in [3.05, 3.63) is 35.4 Å². The van der Waals surface area contributed by atoms with Crippen LogP contribution in [0.1, 0.15) is 37.3 Å². The summed E-state index contributed by atoms with van der Waals surface area (Å²) in [6.07, 6.45) is 2.57. The molecule has 0 amide bonds. The fourth-order valence-electron chi connectivity index (χ4n) is 2.39. The van der Waals surface area contributed by atoms with Crippen LogP contribution in [0, 0.1) is 5.92 Å². The Kier molecular flexibility index (Phi) is 2.96. The number of hydrogen-bond acceptors (Lipinski definition) is 0. The van der Waals surface area contributed by atoms with E-state index in [-0.39, 0.29) is 0 Å². The molecule has 1 aromatic carbocycles. The largest absolute Gasteiger partial charge is 0.0881 e. The van der Waals surface area contributed by atoms with E-state index in [1.165, 1.54) is 12.8 Å². The molecule has 0 saturated carbocycles. The Hall–Kier alpha value is -0.300. The molecule has 0 aliphatic heterocycles. The van der Waals surface area contributed by atoms with Gasteiger partial charge in [-0.1, -0.05) is 54.0 Å². The van der Waals surface area contributed by atoms with Crippen LogP contribution in [0.5, 0.6) is 0 Å². The van der Waals surface area contributed by atoms with E-state index >= 15 is 0 Å². The Bertz CT molecular complexity index is 317. The molecular weight excluding hydrogens is 236 g/mol. The lowest BCUT2D eigenvalue weighted by atomic mass is 9.92. The Morgan fingerprint density at radius 3 is 2.71 bits per heavy atom. The van der Waals surface area contributed by atoms with E-state index in [1.54, 1.807) is 11.1 Å². The maximum atomic E-state index is 3.84. The smallest absolute Gasteiger partial charge is 0.0237 e. The van der Waals surface area contributed by atoms with Crippen LogP contribution < -0.4 is 0 Å². The van der Waals surface area contributed by atoms with Gasteiger partial charge in [-0.25, -0.2) is 0 Å². The number of rotatable bonds is 2. The molecule has 14 heavy (non-hydrogen) atoms. The minimum absolute atomic E-state index is 0.631. The Balaban J connectivity index is 2.26. The van der Waals surface area contributed by atoms with E-state index in [9.17, 15) is 0 Å². The number of hydrogen-bond donors (Lipinski definition) is 0. The van der Waals surface area contributed by atoms with Crippen molar-refractivity contribution in [2.45, 2.75) is 37.4 Å². The Morgan fingerprint density at radius 1 is 1.29 bits per heavy atom. The molecule has 0 fully saturated rings. The van der Waals surface area contributed by atoms with E-state index in [4.69, 9.17) is 0 Å². The molecule has 0 spiro atoms. The van der Waals surface area contributed by atoms with Crippen LogP contribution in [0.25, 0.3) is 0 Å². The van der Waals surface area contributed by atoms with Gasteiger partial charge in [-0.15, -0.1) is 0 Å². The third kappa shape index (κ3) is 1.75. The van der Waals surface area contributed by atoms with E-state index in [2.05, 4.69) is 54.0 Å². The topological polar surface area (TPSA) is 0 Å². The SMILES string of the molecule is CC(C)C(Br)C1CCc2ccccc21. The summed E-state index contributed by atoms with van der Waals surface area (Å²) in [6.45, 7) is 4.58. The van der Waals surface area contributed by atoms with Gasteiger partial charge >= 0.3 is 0 Å². The van der Waals surface area contributed by atoms with Crippen LogP contribution >= 0.6 is 15.9 Å². The van der Waals surface area contributed by atoms with Gasteiger partial charge in [0, 0.05) is 4.83 Å². The highest BCUT2D eigenvalue weighted by Gasteiger charge is 2.29. The standard InChI is InChI=1S/C13H17Br/c1-9(2)13(14)12-8-7-10-5-3-4-6-11(10)12/h3-6,9,12-13H,7-8H2,1-2H3. The van der Waals surface area contributed by atoms with Crippen molar-refractivity contribution >= 4 is 15.9 Å². The quantitative estimate of drug-likeness (QED) is 0.695. The number of benzene rings is 1. The Labute approximate surface area is 94.8 Å². The third-order valence-corrected chi connectivity index (χ3v) is 4.90. The molecule has 0 N–H and O–H groups in total. The molecule has 2 rings (SSSR count). The second-order valence-electron chi connectivity index (χ2n) is 4.53. The van der Waals surface area contributed by atoms with Crippen molar-refractivity contribution in [3.63, 3.8) is 0 Å². The summed E-state index contributed by atoms with van der Waals surface area (Å²) in [7, 11) is 0. The molecule has 0 bridgehead atoms. The molecule has 2 atom stereocenters. The zero-order valence-corrected chi connectivity index (χ0v) is 10.4. The van der Waals surface area contributed by atoms with E-state index in [0.717, 1.165) is 5.92 Å². The summed E-state index contributed by atoms with van der Waals surface area (Å²) in [5, 5.41) is 0. The average Bonchev–Trinajstić information content (AvgIpc) is 2.60. The predicted molar refractivity (Wildman–Crippen MR) is 65.1 cm³/mol. The van der Waals surface area contributed by atoms with Gasteiger partial charge in [0.25, 0.3) is 0 Å². The first-order chi connectivity index (χ1) is 6.70. The molecule has 0 saturated heterocycles. The van der Waals surface area contributed by atoms with Crippen molar-refractivity contribution in [2.75, 3.05) is 0 Å². The average molecular weight is 253 g/mol. The highest BCUT2D eigenvalue weighted by molar-refractivity contribution is 9.09. The second-order valence-corrected chi connectivity index (χ2v) is 5.59. The molecular formula is C13H17Br. The van der Waals surface area contributed by atoms with Crippen molar-refractivity contribution < 1.29 is 0 Å². The van der Waals surface area contributed by atoms with Crippen molar-refractivity contribution in [1.29, 1.82) is 0 Å². The summed E-state index contributed by atoms with van der Waals surface area (Å²) in [6, 6.07) is 8.88. The highest BCUT2D eigenvalue weighted by Crippen LogP contribution is 2.40. The number of fused-ring (bicyclic) bond motifs is 1. The zero-order chi connectivity index (χ0) is 10.1. The van der Waals surface area contributed by atoms with Gasteiger partial charge in [0.2, 0.25) is 0 Å². The molecule has 0 nitrogen and oxygen atoms in total. The number of aryl methyl sites for hydroxylation is 1. The summed E-state index contributed by atoms with van der Waals surface area (Å²) >= 11 is 3.84. The highest BCUT2D eigenvalue weighted by atomic mass is 79.9. The number of alkyl halides is 1. The van der Waals surface area contributed by atoms with Gasteiger partial charge in [-0.3, -0.25) is 0 Å². The van der Waals surface area contributed by atoms with Crippen LogP contribution in [-0.2, 0) is 6.42 Å². The van der Waals surface area contributed by atoms with Crippen LogP contribution in [0.15, 0.2) is 24.3 Å². The minimum Gasteiger partial charge on any atom is -0.0881 e. The van der Waals surface area contributed by atoms with Gasteiger partial charge in [-0.2, -0.15) is 0 Å². The van der Waals surface area contributed by atoms with E-state index in [0.29, 0.717) is 10.7 Å². The third-order valence-electron chi connectivity index (χ3n) is 3.20. The normalized spacial score (nSPS) is 22.4. The Morgan fingerprint density at radius 2 is 2.00 bits per heavy atom. The first kappa shape index (κ1) is 10.2. The zero-order valence-electron chi connectivity index (χ0n) is 8.83. The lowest BCUT2D eigenvalue weighted by Gasteiger charge is -2.22. The van der Waals surface area contributed by atoms with E-state index in [1.807, 2.05) is 0 Å². The summed E-state index contributed by atoms with van der Waals surface area (Å²) in [4.78, 5) is 0.631. The lowest BCUT2D eigenvalue weighted by molar-refractivity contribution is 0.522. The fourth-order valence-corrected chi connectivity index (χ4v) is 2.93. The fraction of sp³-hybridized carbons (Fsp3) is 0.538. The number of halogens is 1. The van der Waals surface area contributed by atoms with Crippen LogP contribution in [0.3, 0.4) is 0 Å². The monoisotopic (exact) mass is 252 g/mol. The van der Waals surface area contributed by atoms with E-state index < -0.39 is 0 Å². The van der Waals surface area contributed by atoms with Crippen LogP contribution in [-0.4, -0.2) is 4.83 Å². The summed E-state index contributed by atoms with van der Waals surface area (Å²) in [5.41, 5.74) is 3.13. The molecule has 2 unspecified atom stereocenters. The minimum atomic E-state index is 0.631. The molecule has 1 aliphatic rings. The first-order valence-corrected chi connectivity index (χ1v) is 6.33. The maximum absolute atomic E-state index is 3.84. The molecule has 1 aromatic rings. The molecule has 76 valence electrons.